The standard InChI is InChI=1S/C30H49N3O3Si/c1-11-12-16-30(17-13-18-32(30)28(35)36-29(8,9)10)27(34)24-14-15-26-25(19-24)20-31-33(26)37(21(2)3,22(4)5)23(6)7/h14-15,19-23H,11-13,16-18H2,1-10H3. The fourth-order valence-corrected chi connectivity index (χ4v) is 13.4. The van der Waals surface area contributed by atoms with Gasteiger partial charge in [-0.15, -0.1) is 0 Å². The second-order valence-corrected chi connectivity index (χ2v) is 18.5. The average Bonchev–Trinajstić information content (AvgIpc) is 3.41. The molecule has 1 aromatic carbocycles. The molecule has 3 rings (SSSR count). The monoisotopic (exact) mass is 527 g/mol. The Morgan fingerprint density at radius 2 is 1.70 bits per heavy atom. The van der Waals surface area contributed by atoms with Crippen LogP contribution in [0.5, 0.6) is 0 Å². The minimum absolute atomic E-state index is 0.0269. The normalized spacial score (nSPS) is 19.0. The Morgan fingerprint density at radius 1 is 1.08 bits per heavy atom. The molecule has 7 heteroatoms. The van der Waals surface area contributed by atoms with E-state index in [1.54, 1.807) is 4.90 Å². The third kappa shape index (κ3) is 5.25. The first-order valence-electron chi connectivity index (χ1n) is 14.3. The van der Waals surface area contributed by atoms with Crippen LogP contribution in [-0.2, 0) is 4.74 Å². The van der Waals surface area contributed by atoms with E-state index in [-0.39, 0.29) is 11.9 Å². The number of ketones is 1. The molecule has 2 heterocycles. The summed E-state index contributed by atoms with van der Waals surface area (Å²) in [5.74, 6) is 0.0269. The quantitative estimate of drug-likeness (QED) is 0.243. The summed E-state index contributed by atoms with van der Waals surface area (Å²) in [7, 11) is -2.02. The highest BCUT2D eigenvalue weighted by atomic mass is 28.3. The molecule has 1 atom stereocenters. The topological polar surface area (TPSA) is 64.4 Å². The van der Waals surface area contributed by atoms with Crippen LogP contribution in [0.3, 0.4) is 0 Å². The number of rotatable bonds is 9. The van der Waals surface area contributed by atoms with Gasteiger partial charge in [0.25, 0.3) is 0 Å². The Labute approximate surface area is 225 Å². The molecule has 37 heavy (non-hydrogen) atoms. The van der Waals surface area contributed by atoms with Gasteiger partial charge < -0.3 is 4.74 Å². The Balaban J connectivity index is 2.08. The molecule has 1 unspecified atom stereocenters. The largest absolute Gasteiger partial charge is 0.444 e. The number of unbranched alkanes of at least 4 members (excludes halogenated alkanes) is 1. The van der Waals surface area contributed by atoms with Gasteiger partial charge in [-0.3, -0.25) is 14.0 Å². The molecule has 0 spiro atoms. The minimum atomic E-state index is -2.02. The maximum absolute atomic E-state index is 14.3. The van der Waals surface area contributed by atoms with Crippen molar-refractivity contribution in [3.05, 3.63) is 30.0 Å². The van der Waals surface area contributed by atoms with Crippen molar-refractivity contribution in [2.45, 2.75) is 129 Å². The number of hydrogen-bond acceptors (Lipinski definition) is 4. The van der Waals surface area contributed by atoms with E-state index in [1.807, 2.05) is 39.1 Å². The predicted octanol–water partition coefficient (Wildman–Crippen LogP) is 8.20. The lowest BCUT2D eigenvalue weighted by Gasteiger charge is -2.43. The van der Waals surface area contributed by atoms with E-state index in [2.05, 4.69) is 58.9 Å². The molecule has 0 radical (unpaired) electrons. The molecule has 0 bridgehead atoms. The molecule has 1 saturated heterocycles. The molecule has 6 nitrogen and oxygen atoms in total. The van der Waals surface area contributed by atoms with Crippen molar-refractivity contribution >= 4 is 31.0 Å². The zero-order chi connectivity index (χ0) is 27.8. The van der Waals surface area contributed by atoms with Crippen LogP contribution in [-0.4, -0.2) is 52.1 Å². The molecule has 1 aliphatic rings. The number of carbonyl (C=O) groups is 2. The fraction of sp³-hybridized carbons (Fsp3) is 0.700. The Hall–Kier alpha value is -2.15. The number of likely N-dealkylation sites (tertiary alicyclic amines) is 1. The van der Waals surface area contributed by atoms with Gasteiger partial charge in [0.1, 0.15) is 11.1 Å². The van der Waals surface area contributed by atoms with E-state index in [4.69, 9.17) is 9.84 Å². The van der Waals surface area contributed by atoms with Crippen molar-refractivity contribution < 1.29 is 14.3 Å². The Bertz CT molecular complexity index is 1090. The number of Topliss-reactive ketones (excluding diaryl/α,β-unsaturated/α-hetero) is 1. The third-order valence-corrected chi connectivity index (χ3v) is 15.1. The van der Waals surface area contributed by atoms with Crippen molar-refractivity contribution in [1.82, 2.24) is 14.3 Å². The van der Waals surface area contributed by atoms with Crippen molar-refractivity contribution in [3.8, 4) is 0 Å². The van der Waals surface area contributed by atoms with E-state index >= 15 is 0 Å². The van der Waals surface area contributed by atoms with Gasteiger partial charge in [-0.2, -0.15) is 5.10 Å². The first-order chi connectivity index (χ1) is 17.2. The van der Waals surface area contributed by atoms with Gasteiger partial charge in [0.2, 0.25) is 0 Å². The van der Waals surface area contributed by atoms with E-state index in [1.165, 1.54) is 0 Å². The van der Waals surface area contributed by atoms with Gasteiger partial charge in [-0.25, -0.2) is 4.79 Å². The lowest BCUT2D eigenvalue weighted by molar-refractivity contribution is 0.00711. The highest BCUT2D eigenvalue weighted by Crippen LogP contribution is 2.44. The van der Waals surface area contributed by atoms with Gasteiger partial charge in [0, 0.05) is 17.5 Å². The molecule has 1 fully saturated rings. The number of ether oxygens (including phenoxy) is 1. The smallest absolute Gasteiger partial charge is 0.411 e. The summed E-state index contributed by atoms with van der Waals surface area (Å²) in [6, 6.07) is 6.05. The van der Waals surface area contributed by atoms with Gasteiger partial charge in [-0.05, 0) is 74.9 Å². The fourth-order valence-electron chi connectivity index (χ4n) is 7.03. The summed E-state index contributed by atoms with van der Waals surface area (Å²) >= 11 is 0. The number of aromatic nitrogens is 2. The summed E-state index contributed by atoms with van der Waals surface area (Å²) in [4.78, 5) is 29.2. The highest BCUT2D eigenvalue weighted by Gasteiger charge is 2.51. The van der Waals surface area contributed by atoms with Crippen LogP contribution in [0.4, 0.5) is 4.79 Å². The lowest BCUT2D eigenvalue weighted by Crippen LogP contribution is -2.54. The van der Waals surface area contributed by atoms with E-state index in [0.717, 1.165) is 30.2 Å². The van der Waals surface area contributed by atoms with Crippen LogP contribution in [0.25, 0.3) is 10.9 Å². The predicted molar refractivity (Wildman–Crippen MR) is 155 cm³/mol. The second-order valence-electron chi connectivity index (χ2n) is 12.9. The maximum atomic E-state index is 14.3. The van der Waals surface area contributed by atoms with Crippen LogP contribution >= 0.6 is 0 Å². The van der Waals surface area contributed by atoms with Crippen LogP contribution in [0.2, 0.25) is 16.6 Å². The van der Waals surface area contributed by atoms with Crippen molar-refractivity contribution in [3.63, 3.8) is 0 Å². The van der Waals surface area contributed by atoms with E-state index in [9.17, 15) is 9.59 Å². The Morgan fingerprint density at radius 3 is 2.24 bits per heavy atom. The first kappa shape index (κ1) is 29.4. The minimum Gasteiger partial charge on any atom is -0.444 e. The van der Waals surface area contributed by atoms with Gasteiger partial charge in [-0.1, -0.05) is 61.3 Å². The van der Waals surface area contributed by atoms with Crippen molar-refractivity contribution in [1.29, 1.82) is 0 Å². The number of carbonyl (C=O) groups excluding carboxylic acids is 2. The molecule has 1 amide bonds. The van der Waals surface area contributed by atoms with Crippen LogP contribution < -0.4 is 0 Å². The van der Waals surface area contributed by atoms with Crippen LogP contribution in [0.15, 0.2) is 24.4 Å². The molecule has 0 saturated carbocycles. The average molecular weight is 528 g/mol. The first-order valence-corrected chi connectivity index (χ1v) is 16.4. The van der Waals surface area contributed by atoms with Crippen LogP contribution in [0, 0.1) is 0 Å². The Kier molecular flexibility index (Phi) is 8.67. The summed E-state index contributed by atoms with van der Waals surface area (Å²) in [5.41, 5.74) is 1.88. The van der Waals surface area contributed by atoms with Gasteiger partial charge in [0.05, 0.1) is 11.7 Å². The van der Waals surface area contributed by atoms with Crippen molar-refractivity contribution in [2.75, 3.05) is 6.54 Å². The van der Waals surface area contributed by atoms with E-state index in [0.29, 0.717) is 41.6 Å². The second kappa shape index (κ2) is 10.9. The molecule has 2 aromatic rings. The zero-order valence-corrected chi connectivity index (χ0v) is 25.9. The van der Waals surface area contributed by atoms with Crippen LogP contribution in [0.1, 0.15) is 112 Å². The molecule has 1 aromatic heterocycles. The van der Waals surface area contributed by atoms with E-state index < -0.39 is 19.4 Å². The number of benzene rings is 1. The summed E-state index contributed by atoms with van der Waals surface area (Å²) < 4.78 is 8.09. The lowest BCUT2D eigenvalue weighted by atomic mass is 9.82. The molecular formula is C30H49N3O3Si. The molecular weight excluding hydrogens is 478 g/mol. The molecule has 0 aliphatic carbocycles. The SMILES string of the molecule is CCCCC1(C(=O)c2ccc3c(cnn3[Si](C(C)C)(C(C)C)C(C)C)c2)CCCN1C(=O)OC(C)(C)C. The number of amides is 1. The number of nitrogens with zero attached hydrogens (tertiary/aromatic N) is 3. The molecule has 206 valence electrons. The molecule has 0 N–H and O–H groups in total. The summed E-state index contributed by atoms with van der Waals surface area (Å²) in [6.45, 7) is 22.3. The summed E-state index contributed by atoms with van der Waals surface area (Å²) in [6.07, 6.45) is 5.53. The van der Waals surface area contributed by atoms with Crippen molar-refractivity contribution in [2.24, 2.45) is 0 Å². The zero-order valence-electron chi connectivity index (χ0n) is 24.9. The molecule has 1 aliphatic heterocycles. The number of fused-ring (bicyclic) bond motifs is 1. The maximum Gasteiger partial charge on any atom is 0.411 e. The van der Waals surface area contributed by atoms with Gasteiger partial charge >= 0.3 is 6.09 Å². The highest BCUT2D eigenvalue weighted by molar-refractivity contribution is 6.82. The number of hydrogen-bond donors (Lipinski definition) is 0. The summed E-state index contributed by atoms with van der Waals surface area (Å²) in [5, 5.41) is 5.96. The third-order valence-electron chi connectivity index (χ3n) is 8.44. The van der Waals surface area contributed by atoms with Gasteiger partial charge in [0.15, 0.2) is 14.0 Å².